The number of aromatic nitrogens is 2. The fourth-order valence-corrected chi connectivity index (χ4v) is 3.59. The monoisotopic (exact) mass is 404 g/mol. The fraction of sp³-hybridized carbons (Fsp3) is 0.474. The first-order valence-electron chi connectivity index (χ1n) is 9.31. The first-order chi connectivity index (χ1) is 13.9. The van der Waals surface area contributed by atoms with Gasteiger partial charge >= 0.3 is 11.7 Å². The molecule has 0 unspecified atom stereocenters. The van der Waals surface area contributed by atoms with E-state index in [1.54, 1.807) is 26.4 Å². The topological polar surface area (TPSA) is 120 Å². The van der Waals surface area contributed by atoms with E-state index in [4.69, 9.17) is 14.6 Å². The molecule has 29 heavy (non-hydrogen) atoms. The van der Waals surface area contributed by atoms with E-state index in [2.05, 4.69) is 10.00 Å². The summed E-state index contributed by atoms with van der Waals surface area (Å²) in [6.45, 7) is 1.83. The fourth-order valence-electron chi connectivity index (χ4n) is 3.59. The number of nitrogens with zero attached hydrogens (tertiary/aromatic N) is 4. The zero-order chi connectivity index (χ0) is 21.0. The van der Waals surface area contributed by atoms with Crippen molar-refractivity contribution >= 4 is 17.3 Å². The van der Waals surface area contributed by atoms with Gasteiger partial charge in [0.05, 0.1) is 10.6 Å². The van der Waals surface area contributed by atoms with E-state index in [0.29, 0.717) is 11.6 Å². The maximum atomic E-state index is 11.2. The Hall–Kier alpha value is -2.98. The molecular formula is C19H24N4O6. The van der Waals surface area contributed by atoms with Gasteiger partial charge in [-0.3, -0.25) is 10.1 Å². The van der Waals surface area contributed by atoms with Crippen LogP contribution in [0.15, 0.2) is 30.5 Å². The number of anilines is 1. The SMILES string of the molecule is COC(CC1CCN(c2ccc(-n3cc([N+](=O)[O-])c(C(=O)O)n3)cc2)CC1)OC. The van der Waals surface area contributed by atoms with Gasteiger partial charge in [-0.25, -0.2) is 9.48 Å². The Kier molecular flexibility index (Phi) is 6.45. The molecule has 0 radical (unpaired) electrons. The highest BCUT2D eigenvalue weighted by molar-refractivity contribution is 5.90. The zero-order valence-electron chi connectivity index (χ0n) is 16.4. The quantitative estimate of drug-likeness (QED) is 0.405. The van der Waals surface area contributed by atoms with Crippen LogP contribution in [0.3, 0.4) is 0 Å². The van der Waals surface area contributed by atoms with Crippen molar-refractivity contribution in [1.82, 2.24) is 9.78 Å². The molecule has 0 spiro atoms. The minimum Gasteiger partial charge on any atom is -0.476 e. The highest BCUT2D eigenvalue weighted by Gasteiger charge is 2.26. The molecule has 1 saturated heterocycles. The van der Waals surface area contributed by atoms with Gasteiger partial charge in [0, 0.05) is 39.4 Å². The van der Waals surface area contributed by atoms with Crippen LogP contribution in [0.1, 0.15) is 29.8 Å². The number of piperidine rings is 1. The van der Waals surface area contributed by atoms with Gasteiger partial charge in [0.25, 0.3) is 0 Å². The number of carboxylic acid groups (broad SMARTS) is 1. The molecule has 0 saturated carbocycles. The van der Waals surface area contributed by atoms with E-state index in [0.717, 1.165) is 44.2 Å². The van der Waals surface area contributed by atoms with E-state index in [1.165, 1.54) is 4.68 Å². The molecule has 10 heteroatoms. The third-order valence-electron chi connectivity index (χ3n) is 5.24. The zero-order valence-corrected chi connectivity index (χ0v) is 16.4. The molecule has 2 aromatic rings. The summed E-state index contributed by atoms with van der Waals surface area (Å²) in [7, 11) is 3.30. The molecule has 0 amide bonds. The molecule has 1 aliphatic heterocycles. The van der Waals surface area contributed by atoms with Crippen molar-refractivity contribution < 1.29 is 24.3 Å². The van der Waals surface area contributed by atoms with Gasteiger partial charge in [0.2, 0.25) is 5.69 Å². The average molecular weight is 404 g/mol. The second-order valence-corrected chi connectivity index (χ2v) is 6.95. The molecule has 1 fully saturated rings. The Bertz CT molecular complexity index is 823. The smallest absolute Gasteiger partial charge is 0.363 e. The molecular weight excluding hydrogens is 380 g/mol. The minimum atomic E-state index is -1.43. The lowest BCUT2D eigenvalue weighted by molar-refractivity contribution is -0.385. The summed E-state index contributed by atoms with van der Waals surface area (Å²) in [4.78, 5) is 23.7. The van der Waals surface area contributed by atoms with Crippen molar-refractivity contribution in [3.63, 3.8) is 0 Å². The molecule has 1 N–H and O–H groups in total. The van der Waals surface area contributed by atoms with E-state index < -0.39 is 22.3 Å². The second-order valence-electron chi connectivity index (χ2n) is 6.95. The van der Waals surface area contributed by atoms with Gasteiger partial charge in [0.15, 0.2) is 6.29 Å². The average Bonchev–Trinajstić information content (AvgIpc) is 3.19. The molecule has 1 aromatic heterocycles. The number of ether oxygens (including phenoxy) is 2. The van der Waals surface area contributed by atoms with Crippen LogP contribution in [0, 0.1) is 16.0 Å². The molecule has 1 aliphatic rings. The number of hydrogen-bond acceptors (Lipinski definition) is 7. The summed E-state index contributed by atoms with van der Waals surface area (Å²) in [5.74, 6) is -0.881. The van der Waals surface area contributed by atoms with Crippen LogP contribution < -0.4 is 4.90 Å². The van der Waals surface area contributed by atoms with Crippen molar-refractivity contribution in [2.24, 2.45) is 5.92 Å². The molecule has 1 aromatic carbocycles. The lowest BCUT2D eigenvalue weighted by Gasteiger charge is -2.34. The van der Waals surface area contributed by atoms with Crippen molar-refractivity contribution in [3.05, 3.63) is 46.3 Å². The van der Waals surface area contributed by atoms with Crippen LogP contribution in [-0.2, 0) is 9.47 Å². The largest absolute Gasteiger partial charge is 0.476 e. The summed E-state index contributed by atoms with van der Waals surface area (Å²) in [6, 6.07) is 7.37. The van der Waals surface area contributed by atoms with E-state index in [1.807, 2.05) is 12.1 Å². The summed E-state index contributed by atoms with van der Waals surface area (Å²) >= 11 is 0. The van der Waals surface area contributed by atoms with Gasteiger partial charge in [-0.2, -0.15) is 5.10 Å². The highest BCUT2D eigenvalue weighted by atomic mass is 16.7. The maximum Gasteiger partial charge on any atom is 0.363 e. The molecule has 0 atom stereocenters. The lowest BCUT2D eigenvalue weighted by Crippen LogP contribution is -2.35. The van der Waals surface area contributed by atoms with Gasteiger partial charge in [0.1, 0.15) is 6.20 Å². The Labute approximate surface area is 167 Å². The first-order valence-corrected chi connectivity index (χ1v) is 9.31. The lowest BCUT2D eigenvalue weighted by atomic mass is 9.93. The number of rotatable bonds is 8. The molecule has 10 nitrogen and oxygen atoms in total. The number of methoxy groups -OCH3 is 2. The predicted molar refractivity (Wildman–Crippen MR) is 105 cm³/mol. The van der Waals surface area contributed by atoms with Crippen LogP contribution in [-0.4, -0.2) is 59.4 Å². The minimum absolute atomic E-state index is 0.167. The van der Waals surface area contributed by atoms with Gasteiger partial charge in [-0.15, -0.1) is 0 Å². The van der Waals surface area contributed by atoms with Gasteiger partial charge < -0.3 is 19.5 Å². The van der Waals surface area contributed by atoms with Crippen LogP contribution in [0.5, 0.6) is 0 Å². The number of nitro groups is 1. The number of benzene rings is 1. The van der Waals surface area contributed by atoms with Crippen molar-refractivity contribution in [3.8, 4) is 5.69 Å². The molecule has 0 bridgehead atoms. The molecule has 0 aliphatic carbocycles. The second kappa shape index (κ2) is 9.01. The normalized spacial score (nSPS) is 15.1. The van der Waals surface area contributed by atoms with Crippen LogP contribution >= 0.6 is 0 Å². The number of carbonyl (C=O) groups is 1. The standard InChI is InChI=1S/C19H24N4O6/c1-28-17(29-2)11-13-7-9-21(10-8-13)14-3-5-15(6-4-14)22-12-16(23(26)27)18(20-22)19(24)25/h3-6,12-13,17H,7-11H2,1-2H3,(H,24,25). The first kappa shape index (κ1) is 20.7. The van der Waals surface area contributed by atoms with E-state index in [-0.39, 0.29) is 6.29 Å². The van der Waals surface area contributed by atoms with E-state index in [9.17, 15) is 14.9 Å². The Balaban J connectivity index is 1.66. The number of aromatic carboxylic acids is 1. The predicted octanol–water partition coefficient (Wildman–Crippen LogP) is 2.70. The molecule has 2 heterocycles. The molecule has 156 valence electrons. The number of hydrogen-bond donors (Lipinski definition) is 1. The van der Waals surface area contributed by atoms with Gasteiger partial charge in [-0.1, -0.05) is 0 Å². The van der Waals surface area contributed by atoms with Crippen LogP contribution in [0.2, 0.25) is 0 Å². The van der Waals surface area contributed by atoms with E-state index >= 15 is 0 Å². The van der Waals surface area contributed by atoms with Crippen molar-refractivity contribution in [1.29, 1.82) is 0 Å². The highest BCUT2D eigenvalue weighted by Crippen LogP contribution is 2.28. The van der Waals surface area contributed by atoms with Crippen LogP contribution in [0.4, 0.5) is 11.4 Å². The summed E-state index contributed by atoms with van der Waals surface area (Å²) < 4.78 is 11.8. The van der Waals surface area contributed by atoms with Crippen molar-refractivity contribution in [2.75, 3.05) is 32.2 Å². The third kappa shape index (κ3) is 4.72. The van der Waals surface area contributed by atoms with Crippen LogP contribution in [0.25, 0.3) is 5.69 Å². The maximum absolute atomic E-state index is 11.2. The van der Waals surface area contributed by atoms with Crippen molar-refractivity contribution in [2.45, 2.75) is 25.6 Å². The summed E-state index contributed by atoms with van der Waals surface area (Å²) in [5, 5.41) is 24.0. The Morgan fingerprint density at radius 2 is 1.83 bits per heavy atom. The Morgan fingerprint density at radius 3 is 2.31 bits per heavy atom. The Morgan fingerprint density at radius 1 is 1.24 bits per heavy atom. The summed E-state index contributed by atoms with van der Waals surface area (Å²) in [6.07, 6.45) is 3.91. The number of carboxylic acids is 1. The summed E-state index contributed by atoms with van der Waals surface area (Å²) in [5.41, 5.74) is 0.491. The molecule has 3 rings (SSSR count). The van der Waals surface area contributed by atoms with Gasteiger partial charge in [-0.05, 0) is 43.0 Å². The third-order valence-corrected chi connectivity index (χ3v) is 5.24.